The Morgan fingerprint density at radius 1 is 1.16 bits per heavy atom. The molecule has 1 aromatic carbocycles. The third kappa shape index (κ3) is 4.88. The first-order valence-electron chi connectivity index (χ1n) is 8.66. The summed E-state index contributed by atoms with van der Waals surface area (Å²) in [6.45, 7) is 11.1. The summed E-state index contributed by atoms with van der Waals surface area (Å²) in [5.41, 5.74) is 1.04. The molecule has 5 nitrogen and oxygen atoms in total. The first-order chi connectivity index (χ1) is 11.8. The molecule has 0 radical (unpaired) electrons. The third-order valence-corrected chi connectivity index (χ3v) is 5.69. The van der Waals surface area contributed by atoms with Crippen LogP contribution in [0.5, 0.6) is 0 Å². The van der Waals surface area contributed by atoms with Crippen molar-refractivity contribution >= 4 is 39.7 Å². The van der Waals surface area contributed by atoms with Crippen LogP contribution in [-0.4, -0.2) is 58.5 Å². The lowest BCUT2D eigenvalue weighted by molar-refractivity contribution is -0.124. The van der Waals surface area contributed by atoms with E-state index in [1.54, 1.807) is 11.3 Å². The summed E-state index contributed by atoms with van der Waals surface area (Å²) in [7, 11) is 0. The number of hydrogen-bond acceptors (Lipinski definition) is 5. The van der Waals surface area contributed by atoms with Gasteiger partial charge in [0, 0.05) is 31.7 Å². The van der Waals surface area contributed by atoms with Crippen LogP contribution < -0.4 is 5.32 Å². The van der Waals surface area contributed by atoms with E-state index in [-0.39, 0.29) is 11.4 Å². The normalized spacial score (nSPS) is 17.1. The Morgan fingerprint density at radius 3 is 2.48 bits per heavy atom. The number of benzene rings is 1. The number of amides is 1. The second kappa shape index (κ2) is 7.53. The molecule has 0 saturated carbocycles. The molecule has 0 aliphatic carbocycles. The highest BCUT2D eigenvalue weighted by molar-refractivity contribution is 7.73. The second-order valence-electron chi connectivity index (χ2n) is 7.60. The van der Waals surface area contributed by atoms with Crippen molar-refractivity contribution < 1.29 is 4.79 Å². The molecule has 0 unspecified atom stereocenters. The fraction of sp³-hybridized carbons (Fsp3) is 0.556. The Hall–Kier alpha value is -1.28. The maximum atomic E-state index is 12.1. The summed E-state index contributed by atoms with van der Waals surface area (Å²) in [6, 6.07) is 8.37. The van der Waals surface area contributed by atoms with E-state index in [2.05, 4.69) is 43.9 Å². The number of nitrogens with zero attached hydrogens (tertiary/aromatic N) is 3. The van der Waals surface area contributed by atoms with E-state index in [4.69, 9.17) is 12.2 Å². The molecule has 3 rings (SSSR count). The Bertz CT molecular complexity index is 797. The van der Waals surface area contributed by atoms with Crippen LogP contribution in [0.15, 0.2) is 24.3 Å². The molecule has 1 aliphatic heterocycles. The zero-order valence-electron chi connectivity index (χ0n) is 15.1. The van der Waals surface area contributed by atoms with E-state index in [0.29, 0.717) is 6.54 Å². The van der Waals surface area contributed by atoms with Gasteiger partial charge in [0.15, 0.2) is 3.95 Å². The van der Waals surface area contributed by atoms with Crippen LogP contribution in [0.2, 0.25) is 0 Å². The van der Waals surface area contributed by atoms with Crippen molar-refractivity contribution in [3.63, 3.8) is 0 Å². The van der Waals surface area contributed by atoms with E-state index in [1.165, 1.54) is 10.2 Å². The molecule has 2 heterocycles. The lowest BCUT2D eigenvalue weighted by atomic mass is 10.1. The van der Waals surface area contributed by atoms with Crippen molar-refractivity contribution in [2.45, 2.75) is 33.0 Å². The molecule has 0 bridgehead atoms. The number of para-hydroxylation sites is 1. The molecule has 1 N–H and O–H groups in total. The van der Waals surface area contributed by atoms with Gasteiger partial charge < -0.3 is 9.88 Å². The van der Waals surface area contributed by atoms with Crippen LogP contribution in [0.3, 0.4) is 0 Å². The highest BCUT2D eigenvalue weighted by atomic mass is 32.1. The maximum Gasteiger partial charge on any atom is 0.234 e. The molecule has 2 aromatic rings. The van der Waals surface area contributed by atoms with E-state index in [9.17, 15) is 4.79 Å². The number of piperazine rings is 1. The molecule has 1 saturated heterocycles. The standard InChI is InChI=1S/C18H26N4OS2/c1-18(2,3)19-16(23)12-20-8-10-21(11-9-20)13-22-14-6-4-5-7-15(14)25-17(22)24/h4-7H,8-13H2,1-3H3,(H,19,23). The molecule has 136 valence electrons. The van der Waals surface area contributed by atoms with Gasteiger partial charge in [0.25, 0.3) is 0 Å². The average Bonchev–Trinajstić information content (AvgIpc) is 2.83. The second-order valence-corrected chi connectivity index (χ2v) is 9.27. The molecular formula is C18H26N4OS2. The zero-order chi connectivity index (χ0) is 18.0. The van der Waals surface area contributed by atoms with Crippen molar-refractivity contribution in [1.29, 1.82) is 0 Å². The number of hydrogen-bond donors (Lipinski definition) is 1. The number of thiazole rings is 1. The van der Waals surface area contributed by atoms with Crippen LogP contribution >= 0.6 is 23.6 Å². The number of nitrogens with one attached hydrogen (secondary N) is 1. The molecule has 25 heavy (non-hydrogen) atoms. The topological polar surface area (TPSA) is 40.5 Å². The lowest BCUT2D eigenvalue weighted by Gasteiger charge is -2.35. The van der Waals surface area contributed by atoms with Gasteiger partial charge in [0.1, 0.15) is 0 Å². The van der Waals surface area contributed by atoms with Crippen molar-refractivity contribution in [2.24, 2.45) is 0 Å². The van der Waals surface area contributed by atoms with Gasteiger partial charge in [0.2, 0.25) is 5.91 Å². The summed E-state index contributed by atoms with van der Waals surface area (Å²) in [6.07, 6.45) is 0. The van der Waals surface area contributed by atoms with Gasteiger partial charge in [-0.1, -0.05) is 12.1 Å². The highest BCUT2D eigenvalue weighted by Crippen LogP contribution is 2.23. The number of carbonyl (C=O) groups excluding carboxylic acids is 1. The van der Waals surface area contributed by atoms with E-state index in [0.717, 1.165) is 36.8 Å². The number of rotatable bonds is 4. The van der Waals surface area contributed by atoms with Gasteiger partial charge in [-0.2, -0.15) is 0 Å². The molecule has 1 aromatic heterocycles. The van der Waals surface area contributed by atoms with Gasteiger partial charge in [-0.05, 0) is 45.1 Å². The average molecular weight is 379 g/mol. The quantitative estimate of drug-likeness (QED) is 0.831. The maximum absolute atomic E-state index is 12.1. The molecule has 0 spiro atoms. The van der Waals surface area contributed by atoms with Crippen LogP contribution in [-0.2, 0) is 11.5 Å². The SMILES string of the molecule is CC(C)(C)NC(=O)CN1CCN(Cn2c(=S)sc3ccccc32)CC1. The lowest BCUT2D eigenvalue weighted by Crippen LogP contribution is -2.51. The number of carbonyl (C=O) groups is 1. The predicted molar refractivity (Wildman–Crippen MR) is 107 cm³/mol. The van der Waals surface area contributed by atoms with Gasteiger partial charge in [-0.15, -0.1) is 11.3 Å². The Balaban J connectivity index is 1.55. The van der Waals surface area contributed by atoms with Gasteiger partial charge in [-0.25, -0.2) is 0 Å². The first-order valence-corrected chi connectivity index (χ1v) is 9.88. The van der Waals surface area contributed by atoms with Crippen LogP contribution in [0.1, 0.15) is 20.8 Å². The van der Waals surface area contributed by atoms with Crippen molar-refractivity contribution in [3.05, 3.63) is 28.2 Å². The molecule has 1 aliphatic rings. The fourth-order valence-electron chi connectivity index (χ4n) is 3.10. The van der Waals surface area contributed by atoms with Crippen molar-refractivity contribution in [1.82, 2.24) is 19.7 Å². The highest BCUT2D eigenvalue weighted by Gasteiger charge is 2.21. The Morgan fingerprint density at radius 2 is 1.80 bits per heavy atom. The van der Waals surface area contributed by atoms with E-state index < -0.39 is 0 Å². The minimum absolute atomic E-state index is 0.104. The number of aromatic nitrogens is 1. The Kier molecular flexibility index (Phi) is 5.58. The largest absolute Gasteiger partial charge is 0.350 e. The zero-order valence-corrected chi connectivity index (χ0v) is 16.8. The first kappa shape index (κ1) is 18.5. The summed E-state index contributed by atoms with van der Waals surface area (Å²) >= 11 is 7.21. The van der Waals surface area contributed by atoms with E-state index >= 15 is 0 Å². The molecule has 0 atom stereocenters. The van der Waals surface area contributed by atoms with Crippen molar-refractivity contribution in [3.8, 4) is 0 Å². The fourth-order valence-corrected chi connectivity index (χ4v) is 4.41. The third-order valence-electron chi connectivity index (χ3n) is 4.26. The smallest absolute Gasteiger partial charge is 0.234 e. The summed E-state index contributed by atoms with van der Waals surface area (Å²) in [5, 5.41) is 3.03. The summed E-state index contributed by atoms with van der Waals surface area (Å²) in [5.74, 6) is 0.104. The minimum atomic E-state index is -0.171. The summed E-state index contributed by atoms with van der Waals surface area (Å²) < 4.78 is 4.38. The molecule has 1 amide bonds. The molecule has 1 fully saturated rings. The Labute approximate surface area is 158 Å². The van der Waals surface area contributed by atoms with Crippen LogP contribution in [0.4, 0.5) is 0 Å². The molecule has 7 heteroatoms. The van der Waals surface area contributed by atoms with Crippen LogP contribution in [0.25, 0.3) is 10.2 Å². The van der Waals surface area contributed by atoms with Crippen LogP contribution in [0, 0.1) is 3.95 Å². The molecular weight excluding hydrogens is 352 g/mol. The van der Waals surface area contributed by atoms with Gasteiger partial charge >= 0.3 is 0 Å². The number of fused-ring (bicyclic) bond motifs is 1. The monoisotopic (exact) mass is 378 g/mol. The van der Waals surface area contributed by atoms with Crippen molar-refractivity contribution in [2.75, 3.05) is 32.7 Å². The minimum Gasteiger partial charge on any atom is -0.350 e. The van der Waals surface area contributed by atoms with Gasteiger partial charge in [0.05, 0.1) is 23.4 Å². The predicted octanol–water partition coefficient (Wildman–Crippen LogP) is 2.92. The van der Waals surface area contributed by atoms with E-state index in [1.807, 2.05) is 20.8 Å². The summed E-state index contributed by atoms with van der Waals surface area (Å²) in [4.78, 5) is 16.7. The van der Waals surface area contributed by atoms with Gasteiger partial charge in [-0.3, -0.25) is 14.6 Å².